The third kappa shape index (κ3) is 1.41. The molecule has 1 unspecified atom stereocenters. The third-order valence-corrected chi connectivity index (χ3v) is 3.19. The summed E-state index contributed by atoms with van der Waals surface area (Å²) in [6.45, 7) is 0. The first-order chi connectivity index (χ1) is 7.86. The average molecular weight is 215 g/mol. The summed E-state index contributed by atoms with van der Waals surface area (Å²) in [5, 5.41) is 8.20. The Morgan fingerprint density at radius 2 is 2.12 bits per heavy atom. The summed E-state index contributed by atoms with van der Waals surface area (Å²) in [4.78, 5) is 11.8. The number of hydrogen-bond acceptors (Lipinski definition) is 3. The van der Waals surface area contributed by atoms with Crippen LogP contribution in [0.3, 0.4) is 0 Å². The van der Waals surface area contributed by atoms with Gasteiger partial charge in [0.05, 0.1) is 5.52 Å². The minimum atomic E-state index is -0.0962. The van der Waals surface area contributed by atoms with Gasteiger partial charge in [0.1, 0.15) is 11.6 Å². The van der Waals surface area contributed by atoms with Crippen LogP contribution in [0.4, 0.5) is 0 Å². The van der Waals surface area contributed by atoms with Crippen molar-refractivity contribution in [2.24, 2.45) is 0 Å². The molecule has 0 N–H and O–H groups in total. The van der Waals surface area contributed by atoms with Crippen LogP contribution in [0.2, 0.25) is 0 Å². The van der Waals surface area contributed by atoms with E-state index in [0.717, 1.165) is 30.3 Å². The SMILES string of the molecule is O=C1CCCCC1n1nnc2ccccc21. The van der Waals surface area contributed by atoms with E-state index in [-0.39, 0.29) is 6.04 Å². The van der Waals surface area contributed by atoms with Crippen LogP contribution in [0, 0.1) is 0 Å². The van der Waals surface area contributed by atoms with Gasteiger partial charge < -0.3 is 0 Å². The van der Waals surface area contributed by atoms with E-state index in [4.69, 9.17) is 0 Å². The highest BCUT2D eigenvalue weighted by Gasteiger charge is 2.25. The second-order valence-corrected chi connectivity index (χ2v) is 4.25. The van der Waals surface area contributed by atoms with Crippen molar-refractivity contribution in [1.82, 2.24) is 15.0 Å². The molecule has 0 spiro atoms. The van der Waals surface area contributed by atoms with Crippen LogP contribution in [0.25, 0.3) is 11.0 Å². The van der Waals surface area contributed by atoms with E-state index < -0.39 is 0 Å². The van der Waals surface area contributed by atoms with Gasteiger partial charge in [0.25, 0.3) is 0 Å². The summed E-state index contributed by atoms with van der Waals surface area (Å²) < 4.78 is 1.79. The van der Waals surface area contributed by atoms with E-state index in [2.05, 4.69) is 10.3 Å². The van der Waals surface area contributed by atoms with Crippen molar-refractivity contribution >= 4 is 16.8 Å². The summed E-state index contributed by atoms with van der Waals surface area (Å²) >= 11 is 0. The largest absolute Gasteiger partial charge is 0.297 e. The molecule has 0 bridgehead atoms. The molecule has 82 valence electrons. The second kappa shape index (κ2) is 3.70. The predicted octanol–water partition coefficient (Wildman–Crippen LogP) is 2.12. The molecule has 4 heteroatoms. The quantitative estimate of drug-likeness (QED) is 0.732. The van der Waals surface area contributed by atoms with Crippen molar-refractivity contribution in [2.75, 3.05) is 0 Å². The van der Waals surface area contributed by atoms with Crippen LogP contribution in [0.5, 0.6) is 0 Å². The van der Waals surface area contributed by atoms with E-state index >= 15 is 0 Å². The molecule has 0 saturated heterocycles. The predicted molar refractivity (Wildman–Crippen MR) is 60.0 cm³/mol. The van der Waals surface area contributed by atoms with Gasteiger partial charge in [0.2, 0.25) is 0 Å². The molecule has 1 atom stereocenters. The number of para-hydroxylation sites is 1. The third-order valence-electron chi connectivity index (χ3n) is 3.19. The zero-order chi connectivity index (χ0) is 11.0. The van der Waals surface area contributed by atoms with Crippen LogP contribution in [-0.4, -0.2) is 20.8 Å². The van der Waals surface area contributed by atoms with Crippen LogP contribution in [-0.2, 0) is 4.79 Å². The van der Waals surface area contributed by atoms with Gasteiger partial charge in [-0.05, 0) is 25.0 Å². The summed E-state index contributed by atoms with van der Waals surface area (Å²) in [5.41, 5.74) is 1.82. The van der Waals surface area contributed by atoms with E-state index in [9.17, 15) is 4.79 Å². The summed E-state index contributed by atoms with van der Waals surface area (Å²) in [5.74, 6) is 0.293. The number of Topliss-reactive ketones (excluding diaryl/α,β-unsaturated/α-hetero) is 1. The number of hydrogen-bond donors (Lipinski definition) is 0. The maximum atomic E-state index is 11.8. The van der Waals surface area contributed by atoms with Gasteiger partial charge >= 0.3 is 0 Å². The molecule has 1 aliphatic rings. The highest BCUT2D eigenvalue weighted by atomic mass is 16.1. The van der Waals surface area contributed by atoms with E-state index in [1.54, 1.807) is 4.68 Å². The van der Waals surface area contributed by atoms with Crippen LogP contribution >= 0.6 is 0 Å². The summed E-state index contributed by atoms with van der Waals surface area (Å²) in [6, 6.07) is 7.68. The van der Waals surface area contributed by atoms with Gasteiger partial charge in [-0.25, -0.2) is 4.68 Å². The Morgan fingerprint density at radius 1 is 1.25 bits per heavy atom. The molecule has 1 fully saturated rings. The number of fused-ring (bicyclic) bond motifs is 1. The number of benzene rings is 1. The zero-order valence-corrected chi connectivity index (χ0v) is 8.97. The fourth-order valence-corrected chi connectivity index (χ4v) is 2.34. The monoisotopic (exact) mass is 215 g/mol. The zero-order valence-electron chi connectivity index (χ0n) is 8.97. The van der Waals surface area contributed by atoms with Crippen LogP contribution in [0.15, 0.2) is 24.3 Å². The lowest BCUT2D eigenvalue weighted by Crippen LogP contribution is -2.23. The molecule has 1 aromatic carbocycles. The Bertz CT molecular complexity index is 532. The molecule has 0 amide bonds. The van der Waals surface area contributed by atoms with Gasteiger partial charge in [0.15, 0.2) is 5.78 Å². The summed E-state index contributed by atoms with van der Waals surface area (Å²) in [7, 11) is 0. The first-order valence-corrected chi connectivity index (χ1v) is 5.69. The number of rotatable bonds is 1. The minimum Gasteiger partial charge on any atom is -0.297 e. The Labute approximate surface area is 93.3 Å². The van der Waals surface area contributed by atoms with Gasteiger partial charge in [-0.1, -0.05) is 23.8 Å². The molecule has 0 radical (unpaired) electrons. The Kier molecular flexibility index (Phi) is 2.20. The standard InChI is InChI=1S/C12H13N3O/c16-12-8-4-3-7-11(12)15-10-6-2-1-5-9(10)13-14-15/h1-2,5-6,11H,3-4,7-8H2. The maximum absolute atomic E-state index is 11.8. The number of carbonyl (C=O) groups excluding carboxylic acids is 1. The van der Waals surface area contributed by atoms with Gasteiger partial charge in [-0.3, -0.25) is 4.79 Å². The van der Waals surface area contributed by atoms with Gasteiger partial charge in [0, 0.05) is 6.42 Å². The fraction of sp³-hybridized carbons (Fsp3) is 0.417. The Morgan fingerprint density at radius 3 is 3.00 bits per heavy atom. The van der Waals surface area contributed by atoms with Gasteiger partial charge in [-0.15, -0.1) is 5.10 Å². The van der Waals surface area contributed by atoms with Crippen LogP contribution in [0.1, 0.15) is 31.7 Å². The van der Waals surface area contributed by atoms with Crippen molar-refractivity contribution in [3.63, 3.8) is 0 Å². The molecule has 1 saturated carbocycles. The number of nitrogens with zero attached hydrogens (tertiary/aromatic N) is 3. The van der Waals surface area contributed by atoms with E-state index in [1.807, 2.05) is 24.3 Å². The number of ketones is 1. The molecule has 3 rings (SSSR count). The van der Waals surface area contributed by atoms with Gasteiger partial charge in [-0.2, -0.15) is 0 Å². The molecule has 4 nitrogen and oxygen atoms in total. The lowest BCUT2D eigenvalue weighted by atomic mass is 9.94. The molecule has 0 aliphatic heterocycles. The molecule has 1 heterocycles. The molecule has 1 aliphatic carbocycles. The maximum Gasteiger partial charge on any atom is 0.157 e. The van der Waals surface area contributed by atoms with Crippen molar-refractivity contribution in [3.05, 3.63) is 24.3 Å². The number of aromatic nitrogens is 3. The topological polar surface area (TPSA) is 47.8 Å². The fourth-order valence-electron chi connectivity index (χ4n) is 2.34. The lowest BCUT2D eigenvalue weighted by Gasteiger charge is -2.20. The van der Waals surface area contributed by atoms with Crippen molar-refractivity contribution in [1.29, 1.82) is 0 Å². The van der Waals surface area contributed by atoms with Crippen molar-refractivity contribution in [2.45, 2.75) is 31.7 Å². The molecule has 1 aromatic heterocycles. The highest BCUT2D eigenvalue weighted by molar-refractivity contribution is 5.85. The van der Waals surface area contributed by atoms with Crippen LogP contribution < -0.4 is 0 Å². The Hall–Kier alpha value is -1.71. The first-order valence-electron chi connectivity index (χ1n) is 5.69. The second-order valence-electron chi connectivity index (χ2n) is 4.25. The van der Waals surface area contributed by atoms with Crippen molar-refractivity contribution in [3.8, 4) is 0 Å². The molecule has 16 heavy (non-hydrogen) atoms. The summed E-state index contributed by atoms with van der Waals surface area (Å²) in [6.07, 6.45) is 3.69. The first kappa shape index (κ1) is 9.51. The minimum absolute atomic E-state index is 0.0962. The molecule has 2 aromatic rings. The number of carbonyl (C=O) groups is 1. The normalized spacial score (nSPS) is 21.5. The van der Waals surface area contributed by atoms with E-state index in [1.165, 1.54) is 0 Å². The lowest BCUT2D eigenvalue weighted by molar-refractivity contribution is -0.124. The smallest absolute Gasteiger partial charge is 0.157 e. The average Bonchev–Trinajstić information content (AvgIpc) is 2.74. The highest BCUT2D eigenvalue weighted by Crippen LogP contribution is 2.26. The van der Waals surface area contributed by atoms with Crippen molar-refractivity contribution < 1.29 is 4.79 Å². The molecular weight excluding hydrogens is 202 g/mol. The molecular formula is C12H13N3O. The van der Waals surface area contributed by atoms with E-state index in [0.29, 0.717) is 12.2 Å². The Balaban J connectivity index is 2.08.